The van der Waals surface area contributed by atoms with E-state index in [1.807, 2.05) is 41.2 Å². The second kappa shape index (κ2) is 3.94. The monoisotopic (exact) mass is 226 g/mol. The first kappa shape index (κ1) is 9.36. The Morgan fingerprint density at radius 1 is 1.00 bits per heavy atom. The summed E-state index contributed by atoms with van der Waals surface area (Å²) in [5.41, 5.74) is 3.47. The van der Waals surface area contributed by atoms with Gasteiger partial charge in [0.15, 0.2) is 0 Å². The Hall–Kier alpha value is -1.87. The number of rotatable bonds is 2. The van der Waals surface area contributed by atoms with Crippen molar-refractivity contribution in [3.05, 3.63) is 59.6 Å². The van der Waals surface area contributed by atoms with Gasteiger partial charge in [0.25, 0.3) is 0 Å². The zero-order valence-corrected chi connectivity index (χ0v) is 9.39. The Bertz CT molecular complexity index is 567. The minimum atomic E-state index is 1.09. The number of hydrogen-bond donors (Lipinski definition) is 0. The van der Waals surface area contributed by atoms with E-state index in [1.165, 1.54) is 5.56 Å². The Labute approximate surface area is 97.8 Å². The van der Waals surface area contributed by atoms with E-state index in [2.05, 4.69) is 28.1 Å². The van der Waals surface area contributed by atoms with Gasteiger partial charge in [-0.1, -0.05) is 18.2 Å². The van der Waals surface area contributed by atoms with Crippen molar-refractivity contribution in [2.45, 2.75) is 0 Å². The first-order valence-corrected chi connectivity index (χ1v) is 6.00. The van der Waals surface area contributed by atoms with Crippen molar-refractivity contribution in [1.29, 1.82) is 0 Å². The Morgan fingerprint density at radius 3 is 2.62 bits per heavy atom. The minimum absolute atomic E-state index is 1.09. The average Bonchev–Trinajstić information content (AvgIpc) is 3.01. The van der Waals surface area contributed by atoms with Gasteiger partial charge in [0.1, 0.15) is 0 Å². The van der Waals surface area contributed by atoms with Crippen LogP contribution in [0.4, 0.5) is 0 Å². The van der Waals surface area contributed by atoms with Gasteiger partial charge in [0, 0.05) is 11.8 Å². The van der Waals surface area contributed by atoms with E-state index in [-0.39, 0.29) is 0 Å². The fraction of sp³-hybridized carbons (Fsp3) is 0. The van der Waals surface area contributed by atoms with Crippen LogP contribution in [0.3, 0.4) is 0 Å². The topological polar surface area (TPSA) is 17.8 Å². The van der Waals surface area contributed by atoms with Gasteiger partial charge < -0.3 is 0 Å². The smallest absolute Gasteiger partial charge is 0.0645 e. The number of hydrogen-bond acceptors (Lipinski definition) is 2. The summed E-state index contributed by atoms with van der Waals surface area (Å²) in [6, 6.07) is 12.2. The lowest BCUT2D eigenvalue weighted by atomic mass is 10.2. The second-order valence-electron chi connectivity index (χ2n) is 3.52. The van der Waals surface area contributed by atoms with Gasteiger partial charge in [-0.05, 0) is 34.5 Å². The van der Waals surface area contributed by atoms with E-state index in [0.717, 1.165) is 11.3 Å². The molecule has 0 atom stereocenters. The highest BCUT2D eigenvalue weighted by Crippen LogP contribution is 2.22. The maximum absolute atomic E-state index is 4.36. The van der Waals surface area contributed by atoms with E-state index in [9.17, 15) is 0 Å². The van der Waals surface area contributed by atoms with E-state index in [4.69, 9.17) is 0 Å². The molecule has 0 spiro atoms. The van der Waals surface area contributed by atoms with Gasteiger partial charge in [-0.3, -0.25) is 0 Å². The number of thiophene rings is 1. The molecule has 0 aliphatic heterocycles. The molecule has 0 N–H and O–H groups in total. The SMILES string of the molecule is c1ccc(-n2cc(-c3ccsc3)cn2)cc1. The molecule has 3 rings (SSSR count). The summed E-state index contributed by atoms with van der Waals surface area (Å²) < 4.78 is 1.90. The quantitative estimate of drug-likeness (QED) is 0.652. The zero-order chi connectivity index (χ0) is 10.8. The first-order chi connectivity index (χ1) is 7.93. The van der Waals surface area contributed by atoms with E-state index < -0.39 is 0 Å². The molecule has 0 fully saturated rings. The average molecular weight is 226 g/mol. The molecular formula is C13H10N2S. The van der Waals surface area contributed by atoms with Crippen molar-refractivity contribution in [2.75, 3.05) is 0 Å². The molecular weight excluding hydrogens is 216 g/mol. The number of para-hydroxylation sites is 1. The van der Waals surface area contributed by atoms with Crippen molar-refractivity contribution in [3.63, 3.8) is 0 Å². The van der Waals surface area contributed by atoms with E-state index in [0.29, 0.717) is 0 Å². The number of nitrogens with zero attached hydrogens (tertiary/aromatic N) is 2. The van der Waals surface area contributed by atoms with Crippen molar-refractivity contribution >= 4 is 11.3 Å². The van der Waals surface area contributed by atoms with Crippen LogP contribution in [0, 0.1) is 0 Å². The standard InChI is InChI=1S/C13H10N2S/c1-2-4-13(5-3-1)15-9-12(8-14-15)11-6-7-16-10-11/h1-10H. The van der Waals surface area contributed by atoms with Gasteiger partial charge in [-0.15, -0.1) is 0 Å². The predicted octanol–water partition coefficient (Wildman–Crippen LogP) is 3.60. The molecule has 78 valence electrons. The lowest BCUT2D eigenvalue weighted by Gasteiger charge is -1.98. The summed E-state index contributed by atoms with van der Waals surface area (Å²) in [4.78, 5) is 0. The number of aromatic nitrogens is 2. The summed E-state index contributed by atoms with van der Waals surface area (Å²) in [6.07, 6.45) is 3.95. The van der Waals surface area contributed by atoms with Crippen molar-refractivity contribution in [1.82, 2.24) is 9.78 Å². The predicted molar refractivity (Wildman–Crippen MR) is 66.9 cm³/mol. The molecule has 3 aromatic rings. The molecule has 0 aliphatic rings. The molecule has 0 unspecified atom stereocenters. The van der Waals surface area contributed by atoms with Crippen molar-refractivity contribution in [2.24, 2.45) is 0 Å². The van der Waals surface area contributed by atoms with Gasteiger partial charge in [-0.25, -0.2) is 4.68 Å². The molecule has 2 nitrogen and oxygen atoms in total. The lowest BCUT2D eigenvalue weighted by Crippen LogP contribution is -1.92. The van der Waals surface area contributed by atoms with E-state index in [1.54, 1.807) is 11.3 Å². The molecule has 1 aromatic carbocycles. The maximum Gasteiger partial charge on any atom is 0.0645 e. The van der Waals surface area contributed by atoms with Gasteiger partial charge in [0.2, 0.25) is 0 Å². The highest BCUT2D eigenvalue weighted by molar-refractivity contribution is 7.08. The highest BCUT2D eigenvalue weighted by Gasteiger charge is 2.02. The van der Waals surface area contributed by atoms with Crippen LogP contribution in [0.2, 0.25) is 0 Å². The fourth-order valence-corrected chi connectivity index (χ4v) is 2.29. The summed E-state index contributed by atoms with van der Waals surface area (Å²) in [5, 5.41) is 8.57. The molecule has 0 saturated carbocycles. The molecule has 0 aliphatic carbocycles. The van der Waals surface area contributed by atoms with Crippen LogP contribution in [-0.4, -0.2) is 9.78 Å². The Balaban J connectivity index is 2.00. The lowest BCUT2D eigenvalue weighted by molar-refractivity contribution is 0.881. The third-order valence-electron chi connectivity index (χ3n) is 2.46. The second-order valence-corrected chi connectivity index (χ2v) is 4.30. The van der Waals surface area contributed by atoms with Crippen LogP contribution in [0.1, 0.15) is 0 Å². The molecule has 2 aromatic heterocycles. The van der Waals surface area contributed by atoms with Crippen molar-refractivity contribution < 1.29 is 0 Å². The molecule has 0 saturated heterocycles. The van der Waals surface area contributed by atoms with E-state index >= 15 is 0 Å². The first-order valence-electron chi connectivity index (χ1n) is 5.06. The molecule has 0 bridgehead atoms. The summed E-state index contributed by atoms with van der Waals surface area (Å²) in [6.45, 7) is 0. The highest BCUT2D eigenvalue weighted by atomic mass is 32.1. The number of benzene rings is 1. The minimum Gasteiger partial charge on any atom is -0.240 e. The van der Waals surface area contributed by atoms with Crippen LogP contribution in [0.25, 0.3) is 16.8 Å². The van der Waals surface area contributed by atoms with Crippen LogP contribution in [0.15, 0.2) is 59.6 Å². The maximum atomic E-state index is 4.36. The normalized spacial score (nSPS) is 10.5. The Kier molecular flexibility index (Phi) is 2.31. The van der Waals surface area contributed by atoms with Gasteiger partial charge >= 0.3 is 0 Å². The molecule has 0 amide bonds. The van der Waals surface area contributed by atoms with Crippen LogP contribution >= 0.6 is 11.3 Å². The molecule has 0 radical (unpaired) electrons. The van der Waals surface area contributed by atoms with Crippen LogP contribution < -0.4 is 0 Å². The van der Waals surface area contributed by atoms with Crippen molar-refractivity contribution in [3.8, 4) is 16.8 Å². The third kappa shape index (κ3) is 1.66. The largest absolute Gasteiger partial charge is 0.240 e. The van der Waals surface area contributed by atoms with Gasteiger partial charge in [-0.2, -0.15) is 16.4 Å². The van der Waals surface area contributed by atoms with Gasteiger partial charge in [0.05, 0.1) is 11.9 Å². The van der Waals surface area contributed by atoms with Crippen LogP contribution in [-0.2, 0) is 0 Å². The molecule has 2 heterocycles. The zero-order valence-electron chi connectivity index (χ0n) is 8.58. The molecule has 3 heteroatoms. The third-order valence-corrected chi connectivity index (χ3v) is 3.14. The Morgan fingerprint density at radius 2 is 1.88 bits per heavy atom. The van der Waals surface area contributed by atoms with Crippen LogP contribution in [0.5, 0.6) is 0 Å². The summed E-state index contributed by atoms with van der Waals surface area (Å²) in [7, 11) is 0. The fourth-order valence-electron chi connectivity index (χ4n) is 1.62. The molecule has 16 heavy (non-hydrogen) atoms. The summed E-state index contributed by atoms with van der Waals surface area (Å²) in [5.74, 6) is 0. The summed E-state index contributed by atoms with van der Waals surface area (Å²) >= 11 is 1.70.